The molecule has 2 aliphatic carbocycles. The van der Waals surface area contributed by atoms with E-state index in [0.29, 0.717) is 5.92 Å². The third-order valence-corrected chi connectivity index (χ3v) is 6.21. The summed E-state index contributed by atoms with van der Waals surface area (Å²) in [6.07, 6.45) is 6.03. The summed E-state index contributed by atoms with van der Waals surface area (Å²) in [5.74, 6) is 0.527. The van der Waals surface area contributed by atoms with Crippen molar-refractivity contribution in [1.29, 1.82) is 5.26 Å². The number of fused-ring (bicyclic) bond motifs is 1. The predicted molar refractivity (Wildman–Crippen MR) is 87.3 cm³/mol. The van der Waals surface area contributed by atoms with Crippen molar-refractivity contribution in [1.82, 2.24) is 4.90 Å². The van der Waals surface area contributed by atoms with E-state index in [-0.39, 0.29) is 23.4 Å². The van der Waals surface area contributed by atoms with Crippen LogP contribution in [0, 0.1) is 17.2 Å². The molecule has 3 fully saturated rings. The van der Waals surface area contributed by atoms with Crippen LogP contribution in [0.5, 0.6) is 0 Å². The Morgan fingerprint density at radius 3 is 2.61 bits per heavy atom. The second kappa shape index (κ2) is 5.35. The van der Waals surface area contributed by atoms with Crippen molar-refractivity contribution in [2.24, 2.45) is 11.7 Å². The number of piperidine rings is 1. The molecule has 1 aromatic rings. The van der Waals surface area contributed by atoms with Gasteiger partial charge in [-0.3, -0.25) is 4.79 Å². The minimum absolute atomic E-state index is 0.00713. The summed E-state index contributed by atoms with van der Waals surface area (Å²) in [5.41, 5.74) is 7.49. The second-order valence-electron chi connectivity index (χ2n) is 7.40. The standard InChI is InChI=1S/C19H23N3O/c20-12-15-10-13-11-16(13)22(15)18(23)17(21)19(8-4-5-9-19)14-6-2-1-3-7-14/h1-3,6-7,13,15-17H,4-5,8-11,21H2/t13-,15+,16+,17?/m1/s1. The SMILES string of the molecule is N#C[C@@H]1C[C@@H]2C[C@@H]2N1C(=O)C(N)C1(c2ccccc2)CCCC1. The maximum Gasteiger partial charge on any atom is 0.241 e. The Labute approximate surface area is 137 Å². The molecule has 1 heterocycles. The number of rotatable bonds is 3. The number of hydrogen-bond acceptors (Lipinski definition) is 3. The van der Waals surface area contributed by atoms with E-state index in [1.54, 1.807) is 0 Å². The third kappa shape index (κ3) is 2.18. The highest BCUT2D eigenvalue weighted by Gasteiger charge is 2.57. The molecule has 1 aromatic carbocycles. The van der Waals surface area contributed by atoms with Crippen LogP contribution in [0.25, 0.3) is 0 Å². The van der Waals surface area contributed by atoms with E-state index in [1.807, 2.05) is 23.1 Å². The molecule has 4 heteroatoms. The lowest BCUT2D eigenvalue weighted by molar-refractivity contribution is -0.135. The molecule has 0 aromatic heterocycles. The van der Waals surface area contributed by atoms with E-state index in [0.717, 1.165) is 38.5 Å². The van der Waals surface area contributed by atoms with Gasteiger partial charge >= 0.3 is 0 Å². The first-order valence-corrected chi connectivity index (χ1v) is 8.70. The van der Waals surface area contributed by atoms with E-state index in [4.69, 9.17) is 5.73 Å². The largest absolute Gasteiger partial charge is 0.322 e. The highest BCUT2D eigenvalue weighted by molar-refractivity contribution is 5.85. The van der Waals surface area contributed by atoms with Crippen molar-refractivity contribution in [3.63, 3.8) is 0 Å². The Hall–Kier alpha value is -1.86. The molecule has 3 aliphatic rings. The monoisotopic (exact) mass is 309 g/mol. The molecule has 2 N–H and O–H groups in total. The fourth-order valence-electron chi connectivity index (χ4n) is 4.84. The van der Waals surface area contributed by atoms with Gasteiger partial charge in [-0.05, 0) is 37.2 Å². The second-order valence-corrected chi connectivity index (χ2v) is 7.40. The lowest BCUT2D eigenvalue weighted by Gasteiger charge is -2.38. The van der Waals surface area contributed by atoms with Crippen LogP contribution < -0.4 is 5.73 Å². The Bertz CT molecular complexity index is 644. The lowest BCUT2D eigenvalue weighted by Crippen LogP contribution is -2.56. The molecule has 0 radical (unpaired) electrons. The topological polar surface area (TPSA) is 70.1 Å². The number of nitriles is 1. The van der Waals surface area contributed by atoms with Gasteiger partial charge in [0.2, 0.25) is 5.91 Å². The molecule has 0 bridgehead atoms. The first-order chi connectivity index (χ1) is 11.2. The van der Waals surface area contributed by atoms with Crippen molar-refractivity contribution in [3.8, 4) is 6.07 Å². The summed E-state index contributed by atoms with van der Waals surface area (Å²) in [7, 11) is 0. The van der Waals surface area contributed by atoms with Crippen molar-refractivity contribution in [2.75, 3.05) is 0 Å². The summed E-state index contributed by atoms with van der Waals surface area (Å²) >= 11 is 0. The third-order valence-electron chi connectivity index (χ3n) is 6.21. The number of nitrogens with two attached hydrogens (primary N) is 1. The fraction of sp³-hybridized carbons (Fsp3) is 0.579. The molecular weight excluding hydrogens is 286 g/mol. The Kier molecular flexibility index (Phi) is 3.42. The van der Waals surface area contributed by atoms with Gasteiger partial charge in [-0.15, -0.1) is 0 Å². The average Bonchev–Trinajstić information content (AvgIpc) is 3.03. The number of hydrogen-bond donors (Lipinski definition) is 1. The van der Waals surface area contributed by atoms with Gasteiger partial charge in [0.15, 0.2) is 0 Å². The average molecular weight is 309 g/mol. The van der Waals surface area contributed by atoms with Crippen LogP contribution in [0.2, 0.25) is 0 Å². The summed E-state index contributed by atoms with van der Waals surface area (Å²) in [5, 5.41) is 9.37. The molecule has 1 amide bonds. The molecule has 23 heavy (non-hydrogen) atoms. The summed E-state index contributed by atoms with van der Waals surface area (Å²) in [4.78, 5) is 15.0. The lowest BCUT2D eigenvalue weighted by atomic mass is 9.72. The first kappa shape index (κ1) is 14.7. The molecule has 2 saturated carbocycles. The van der Waals surface area contributed by atoms with Crippen LogP contribution >= 0.6 is 0 Å². The minimum atomic E-state index is -0.539. The minimum Gasteiger partial charge on any atom is -0.322 e. The summed E-state index contributed by atoms with van der Waals surface area (Å²) < 4.78 is 0. The molecule has 4 atom stereocenters. The maximum absolute atomic E-state index is 13.2. The fourth-order valence-corrected chi connectivity index (χ4v) is 4.84. The molecule has 1 unspecified atom stereocenters. The van der Waals surface area contributed by atoms with Gasteiger partial charge < -0.3 is 10.6 Å². The van der Waals surface area contributed by atoms with Crippen LogP contribution in [-0.2, 0) is 10.2 Å². The van der Waals surface area contributed by atoms with Crippen LogP contribution in [0.15, 0.2) is 30.3 Å². The van der Waals surface area contributed by atoms with Gasteiger partial charge in [0.1, 0.15) is 6.04 Å². The number of nitrogens with zero attached hydrogens (tertiary/aromatic N) is 2. The van der Waals surface area contributed by atoms with Gasteiger partial charge in [-0.25, -0.2) is 0 Å². The highest BCUT2D eigenvalue weighted by Crippen LogP contribution is 2.50. The maximum atomic E-state index is 13.2. The van der Waals surface area contributed by atoms with E-state index < -0.39 is 6.04 Å². The smallest absolute Gasteiger partial charge is 0.241 e. The van der Waals surface area contributed by atoms with Crippen molar-refractivity contribution >= 4 is 5.91 Å². The van der Waals surface area contributed by atoms with Gasteiger partial charge in [0.25, 0.3) is 0 Å². The zero-order valence-corrected chi connectivity index (χ0v) is 13.3. The Balaban J connectivity index is 1.65. The number of likely N-dealkylation sites (tertiary alicyclic amines) is 1. The van der Waals surface area contributed by atoms with Gasteiger partial charge in [-0.1, -0.05) is 43.2 Å². The molecule has 4 rings (SSSR count). The normalized spacial score (nSPS) is 32.2. The van der Waals surface area contributed by atoms with Crippen LogP contribution in [0.4, 0.5) is 0 Å². The zero-order valence-electron chi connectivity index (χ0n) is 13.3. The summed E-state index contributed by atoms with van der Waals surface area (Å²) in [6, 6.07) is 12.0. The Morgan fingerprint density at radius 1 is 1.26 bits per heavy atom. The number of amides is 1. The van der Waals surface area contributed by atoms with Crippen molar-refractivity contribution in [3.05, 3.63) is 35.9 Å². The van der Waals surface area contributed by atoms with E-state index >= 15 is 0 Å². The van der Waals surface area contributed by atoms with E-state index in [1.165, 1.54) is 5.56 Å². The molecule has 1 saturated heterocycles. The zero-order chi connectivity index (χ0) is 16.0. The van der Waals surface area contributed by atoms with E-state index in [9.17, 15) is 10.1 Å². The van der Waals surface area contributed by atoms with Crippen LogP contribution in [-0.4, -0.2) is 28.9 Å². The molecule has 4 nitrogen and oxygen atoms in total. The van der Waals surface area contributed by atoms with Crippen molar-refractivity contribution in [2.45, 2.75) is 62.1 Å². The molecule has 0 spiro atoms. The van der Waals surface area contributed by atoms with E-state index in [2.05, 4.69) is 18.2 Å². The van der Waals surface area contributed by atoms with Crippen molar-refractivity contribution < 1.29 is 4.79 Å². The molecule has 120 valence electrons. The highest BCUT2D eigenvalue weighted by atomic mass is 16.2. The van der Waals surface area contributed by atoms with Gasteiger partial charge in [-0.2, -0.15) is 5.26 Å². The number of carbonyl (C=O) groups is 1. The van der Waals surface area contributed by atoms with Crippen LogP contribution in [0.1, 0.15) is 44.1 Å². The molecule has 1 aliphatic heterocycles. The number of benzene rings is 1. The quantitative estimate of drug-likeness (QED) is 0.931. The summed E-state index contributed by atoms with van der Waals surface area (Å²) in [6.45, 7) is 0. The van der Waals surface area contributed by atoms with Crippen LogP contribution in [0.3, 0.4) is 0 Å². The Morgan fingerprint density at radius 2 is 1.96 bits per heavy atom. The number of carbonyl (C=O) groups excluding carboxylic acids is 1. The first-order valence-electron chi connectivity index (χ1n) is 8.70. The molecular formula is C19H23N3O. The van der Waals surface area contributed by atoms with Gasteiger partial charge in [0.05, 0.1) is 12.1 Å². The van der Waals surface area contributed by atoms with Gasteiger partial charge in [0, 0.05) is 11.5 Å². The predicted octanol–water partition coefficient (Wildman–Crippen LogP) is 2.34.